The molecule has 0 aliphatic heterocycles. The summed E-state index contributed by atoms with van der Waals surface area (Å²) in [6.45, 7) is 8.42. The lowest BCUT2D eigenvalue weighted by molar-refractivity contribution is -0.137. The summed E-state index contributed by atoms with van der Waals surface area (Å²) in [5.74, 6) is -0.990. The molecule has 0 amide bonds. The molecule has 0 radical (unpaired) electrons. The summed E-state index contributed by atoms with van der Waals surface area (Å²) in [7, 11) is -1.82. The monoisotopic (exact) mass is 426 g/mol. The first-order valence-electron chi connectivity index (χ1n) is 11.0. The van der Waals surface area contributed by atoms with Gasteiger partial charge in [0.1, 0.15) is 6.17 Å². The fourth-order valence-corrected chi connectivity index (χ4v) is 4.98. The second kappa shape index (κ2) is 13.1. The van der Waals surface area contributed by atoms with E-state index < -0.39 is 20.5 Å². The summed E-state index contributed by atoms with van der Waals surface area (Å²) in [6, 6.07) is 0. The van der Waals surface area contributed by atoms with Crippen LogP contribution in [0, 0.1) is 11.8 Å². The number of carbonyl (C=O) groups excluding carboxylic acids is 1. The molecule has 1 fully saturated rings. The van der Waals surface area contributed by atoms with Crippen LogP contribution >= 0.6 is 0 Å². The van der Waals surface area contributed by atoms with Crippen molar-refractivity contribution >= 4 is 20.1 Å². The number of ketones is 1. The van der Waals surface area contributed by atoms with Crippen molar-refractivity contribution in [3.63, 3.8) is 0 Å². The molecule has 6 heteroatoms. The van der Waals surface area contributed by atoms with Gasteiger partial charge in [0.25, 0.3) is 0 Å². The van der Waals surface area contributed by atoms with Gasteiger partial charge < -0.3 is 9.53 Å². The largest absolute Gasteiger partial charge is 0.481 e. The molecule has 0 saturated heterocycles. The first kappa shape index (κ1) is 25.8. The van der Waals surface area contributed by atoms with E-state index in [-0.39, 0.29) is 30.1 Å². The maximum absolute atomic E-state index is 14.8. The van der Waals surface area contributed by atoms with Gasteiger partial charge >= 0.3 is 5.97 Å². The van der Waals surface area contributed by atoms with Crippen molar-refractivity contribution in [1.29, 1.82) is 0 Å². The third-order valence-corrected chi connectivity index (χ3v) is 6.23. The highest BCUT2D eigenvalue weighted by atomic mass is 28.4. The summed E-state index contributed by atoms with van der Waals surface area (Å²) in [5, 5.41) is 8.69. The van der Waals surface area contributed by atoms with E-state index in [9.17, 15) is 14.0 Å². The van der Waals surface area contributed by atoms with Crippen molar-refractivity contribution in [3.8, 4) is 0 Å². The second-order valence-corrected chi connectivity index (χ2v) is 13.5. The number of halogens is 1. The number of carbonyl (C=O) groups is 2. The molecule has 166 valence electrons. The van der Waals surface area contributed by atoms with Gasteiger partial charge in [-0.05, 0) is 51.4 Å². The van der Waals surface area contributed by atoms with E-state index in [4.69, 9.17) is 9.53 Å². The van der Waals surface area contributed by atoms with Crippen LogP contribution in [0.2, 0.25) is 19.6 Å². The fourth-order valence-electron chi connectivity index (χ4n) is 3.82. The van der Waals surface area contributed by atoms with E-state index in [1.165, 1.54) is 0 Å². The summed E-state index contributed by atoms with van der Waals surface area (Å²) >= 11 is 0. The molecular formula is C23H39FO4Si. The molecule has 4 nitrogen and oxygen atoms in total. The number of unbranched alkanes of at least 4 members (excludes halogenated alkanes) is 3. The molecule has 0 spiro atoms. The Morgan fingerprint density at radius 3 is 2.48 bits per heavy atom. The number of hydrogen-bond acceptors (Lipinski definition) is 3. The maximum Gasteiger partial charge on any atom is 0.303 e. The molecule has 0 aromatic rings. The summed E-state index contributed by atoms with van der Waals surface area (Å²) < 4.78 is 21.1. The van der Waals surface area contributed by atoms with Gasteiger partial charge in [-0.3, -0.25) is 9.59 Å². The van der Waals surface area contributed by atoms with Crippen molar-refractivity contribution in [2.75, 3.05) is 0 Å². The maximum atomic E-state index is 14.8. The van der Waals surface area contributed by atoms with E-state index >= 15 is 0 Å². The highest BCUT2D eigenvalue weighted by Gasteiger charge is 2.43. The highest BCUT2D eigenvalue weighted by molar-refractivity contribution is 6.69. The first-order chi connectivity index (χ1) is 13.6. The van der Waals surface area contributed by atoms with Crippen LogP contribution in [0.1, 0.15) is 64.7 Å². The van der Waals surface area contributed by atoms with Crippen LogP contribution in [-0.4, -0.2) is 37.5 Å². The van der Waals surface area contributed by atoms with Crippen LogP contribution in [0.5, 0.6) is 0 Å². The number of rotatable bonds is 14. The number of alkyl halides is 1. The number of aliphatic carboxylic acids is 1. The lowest BCUT2D eigenvalue weighted by Crippen LogP contribution is -2.34. The topological polar surface area (TPSA) is 63.6 Å². The summed E-state index contributed by atoms with van der Waals surface area (Å²) in [5.41, 5.74) is 0. The quantitative estimate of drug-likeness (QED) is 0.158. The molecule has 0 heterocycles. The lowest BCUT2D eigenvalue weighted by atomic mass is 9.90. The Morgan fingerprint density at radius 2 is 1.86 bits per heavy atom. The van der Waals surface area contributed by atoms with Crippen molar-refractivity contribution in [3.05, 3.63) is 24.3 Å². The third-order valence-electron chi connectivity index (χ3n) is 5.22. The second-order valence-electron chi connectivity index (χ2n) is 9.04. The minimum atomic E-state index is -1.82. The molecule has 29 heavy (non-hydrogen) atoms. The molecule has 1 saturated carbocycles. The summed E-state index contributed by atoms with van der Waals surface area (Å²) in [6.07, 6.45) is 12.2. The zero-order valence-corrected chi connectivity index (χ0v) is 19.5. The van der Waals surface area contributed by atoms with Crippen LogP contribution in [0.15, 0.2) is 24.3 Å². The number of carboxylic acids is 1. The molecule has 1 aliphatic rings. The van der Waals surface area contributed by atoms with Crippen molar-refractivity contribution in [1.82, 2.24) is 0 Å². The van der Waals surface area contributed by atoms with E-state index in [0.29, 0.717) is 32.1 Å². The molecule has 0 bridgehead atoms. The van der Waals surface area contributed by atoms with Crippen LogP contribution in [0.25, 0.3) is 0 Å². The Morgan fingerprint density at radius 1 is 1.14 bits per heavy atom. The average molecular weight is 427 g/mol. The molecule has 0 unspecified atom stereocenters. The fraction of sp³-hybridized carbons (Fsp3) is 0.739. The smallest absolute Gasteiger partial charge is 0.303 e. The first-order valence-corrected chi connectivity index (χ1v) is 14.4. The Labute approximate surface area is 176 Å². The Hall–Kier alpha value is -1.27. The minimum absolute atomic E-state index is 0.101. The number of carboxylic acid groups (broad SMARTS) is 1. The highest BCUT2D eigenvalue weighted by Crippen LogP contribution is 2.41. The predicted octanol–water partition coefficient (Wildman–Crippen LogP) is 6.09. The molecular weight excluding hydrogens is 387 g/mol. The summed E-state index contributed by atoms with van der Waals surface area (Å²) in [4.78, 5) is 22.7. The van der Waals surface area contributed by atoms with Gasteiger partial charge in [0.15, 0.2) is 14.1 Å². The van der Waals surface area contributed by atoms with Crippen LogP contribution in [0.4, 0.5) is 4.39 Å². The van der Waals surface area contributed by atoms with Gasteiger partial charge in [-0.15, -0.1) is 0 Å². The standard InChI is InChI=1S/C23H39FO4Si/c1-5-6-9-12-18(25)15-16-20-19(13-10-7-8-11-14-23(26)27)21(24)17-22(20)28-29(2,3)4/h7,10,15-16,19-22H,5-6,8-9,11-14,17H2,1-4H3,(H,26,27)/b10-7-,16-15+/t19-,20-,21+,22-/m1/s1. The van der Waals surface area contributed by atoms with E-state index in [0.717, 1.165) is 19.3 Å². The van der Waals surface area contributed by atoms with Crippen LogP contribution < -0.4 is 0 Å². The SMILES string of the molecule is CCCCCC(=O)/C=C/[C@@H]1[C@@H](C/C=C\CCCC(=O)O)[C@@H](F)C[C@H]1O[Si](C)(C)C. The van der Waals surface area contributed by atoms with Crippen molar-refractivity contribution < 1.29 is 23.5 Å². The van der Waals surface area contributed by atoms with Gasteiger partial charge in [0.2, 0.25) is 0 Å². The van der Waals surface area contributed by atoms with Crippen LogP contribution in [0.3, 0.4) is 0 Å². The molecule has 1 rings (SSSR count). The zero-order valence-electron chi connectivity index (χ0n) is 18.5. The zero-order chi connectivity index (χ0) is 21.9. The average Bonchev–Trinajstić information content (AvgIpc) is 2.89. The minimum Gasteiger partial charge on any atom is -0.481 e. The number of allylic oxidation sites excluding steroid dienone is 3. The van der Waals surface area contributed by atoms with Gasteiger partial charge in [-0.1, -0.05) is 38.0 Å². The molecule has 1 N–H and O–H groups in total. The lowest BCUT2D eigenvalue weighted by Gasteiger charge is -2.28. The van der Waals surface area contributed by atoms with Gasteiger partial charge in [0, 0.05) is 31.1 Å². The third kappa shape index (κ3) is 10.9. The van der Waals surface area contributed by atoms with Gasteiger partial charge in [-0.25, -0.2) is 4.39 Å². The molecule has 0 aromatic heterocycles. The molecule has 0 aromatic carbocycles. The Bertz CT molecular complexity index is 568. The van der Waals surface area contributed by atoms with E-state index in [1.54, 1.807) is 6.08 Å². The number of hydrogen-bond donors (Lipinski definition) is 1. The van der Waals surface area contributed by atoms with Gasteiger partial charge in [-0.2, -0.15) is 0 Å². The van der Waals surface area contributed by atoms with Crippen LogP contribution in [-0.2, 0) is 14.0 Å². The predicted molar refractivity (Wildman–Crippen MR) is 118 cm³/mol. The van der Waals surface area contributed by atoms with Crippen molar-refractivity contribution in [2.24, 2.45) is 11.8 Å². The molecule has 1 aliphatic carbocycles. The Balaban J connectivity index is 2.75. The van der Waals surface area contributed by atoms with Crippen molar-refractivity contribution in [2.45, 2.75) is 96.6 Å². The van der Waals surface area contributed by atoms with E-state index in [2.05, 4.69) is 26.6 Å². The Kier molecular flexibility index (Phi) is 11.7. The van der Waals surface area contributed by atoms with E-state index in [1.807, 2.05) is 18.2 Å². The molecule has 4 atom stereocenters. The van der Waals surface area contributed by atoms with Gasteiger partial charge in [0.05, 0.1) is 6.10 Å². The normalized spacial score (nSPS) is 25.3.